The fourth-order valence-electron chi connectivity index (χ4n) is 1.54. The van der Waals surface area contributed by atoms with Crippen molar-refractivity contribution >= 4 is 22.7 Å². The minimum atomic E-state index is -1.17. The third-order valence-corrected chi connectivity index (χ3v) is 2.53. The maximum atomic E-state index is 10.4. The van der Waals surface area contributed by atoms with Gasteiger partial charge in [0.05, 0.1) is 10.5 Å². The van der Waals surface area contributed by atoms with Crippen molar-refractivity contribution in [3.63, 3.8) is 0 Å². The van der Waals surface area contributed by atoms with Crippen LogP contribution in [0.15, 0.2) is 48.5 Å². The largest absolute Gasteiger partial charge is 0.478 e. The summed E-state index contributed by atoms with van der Waals surface area (Å²) in [5.41, 5.74) is 1.54. The van der Waals surface area contributed by atoms with Crippen LogP contribution in [0.1, 0.15) is 10.4 Å². The number of benzene rings is 2. The van der Waals surface area contributed by atoms with E-state index < -0.39 is 10.9 Å². The Bertz CT molecular complexity index is 725. The summed E-state index contributed by atoms with van der Waals surface area (Å²) in [6.45, 7) is 0. The Balaban J connectivity index is 0.000000159. The first kappa shape index (κ1) is 14.1. The Labute approximate surface area is 118 Å². The van der Waals surface area contributed by atoms with E-state index in [1.165, 1.54) is 18.2 Å². The molecule has 2 N–H and O–H groups in total. The summed E-state index contributed by atoms with van der Waals surface area (Å²) in [6.07, 6.45) is 0. The van der Waals surface area contributed by atoms with Crippen LogP contribution >= 0.6 is 0 Å². The van der Waals surface area contributed by atoms with Crippen LogP contribution in [0.4, 0.5) is 5.69 Å². The predicted octanol–water partition coefficient (Wildman–Crippen LogP) is 2.25. The first-order chi connectivity index (χ1) is 10.1. The van der Waals surface area contributed by atoms with E-state index in [4.69, 9.17) is 5.11 Å². The molecule has 0 amide bonds. The Morgan fingerprint density at radius 1 is 1.10 bits per heavy atom. The molecule has 0 aliphatic heterocycles. The number of H-pyrrole nitrogens is 1. The fraction of sp³-hybridized carbons (Fsp3) is 0. The van der Waals surface area contributed by atoms with Gasteiger partial charge in [-0.15, -0.1) is 0 Å². The number of aromatic carboxylic acids is 1. The number of non-ortho nitro benzene ring substituents is 1. The molecule has 2 aromatic carbocycles. The Morgan fingerprint density at radius 2 is 1.71 bits per heavy atom. The minimum Gasteiger partial charge on any atom is -0.478 e. The average Bonchev–Trinajstić information content (AvgIpc) is 2.96. The van der Waals surface area contributed by atoms with E-state index in [-0.39, 0.29) is 11.3 Å². The highest BCUT2D eigenvalue weighted by atomic mass is 16.6. The summed E-state index contributed by atoms with van der Waals surface area (Å²) in [7, 11) is 0. The van der Waals surface area contributed by atoms with Crippen molar-refractivity contribution in [1.29, 1.82) is 0 Å². The highest BCUT2D eigenvalue weighted by Gasteiger charge is 2.09. The van der Waals surface area contributed by atoms with Gasteiger partial charge in [-0.3, -0.25) is 10.1 Å². The maximum Gasteiger partial charge on any atom is 0.335 e. The zero-order valence-electron chi connectivity index (χ0n) is 10.6. The molecule has 0 radical (unpaired) electrons. The molecule has 0 aliphatic rings. The maximum absolute atomic E-state index is 10.4. The Morgan fingerprint density at radius 3 is 2.24 bits per heavy atom. The van der Waals surface area contributed by atoms with Gasteiger partial charge in [-0.05, 0) is 18.2 Å². The number of nitrogens with one attached hydrogen (secondary N) is 1. The molecule has 1 aromatic heterocycles. The van der Waals surface area contributed by atoms with Crippen molar-refractivity contribution in [2.45, 2.75) is 0 Å². The van der Waals surface area contributed by atoms with Gasteiger partial charge in [0.1, 0.15) is 11.0 Å². The molecule has 8 heteroatoms. The lowest BCUT2D eigenvalue weighted by Crippen LogP contribution is -1.97. The van der Waals surface area contributed by atoms with E-state index in [0.717, 1.165) is 17.1 Å². The average molecular weight is 286 g/mol. The van der Waals surface area contributed by atoms with Crippen LogP contribution in [0.25, 0.3) is 11.0 Å². The molecule has 3 rings (SSSR count). The Hall–Kier alpha value is -3.29. The fourth-order valence-corrected chi connectivity index (χ4v) is 1.54. The van der Waals surface area contributed by atoms with Crippen molar-refractivity contribution in [2.75, 3.05) is 0 Å². The third-order valence-electron chi connectivity index (χ3n) is 2.53. The number of para-hydroxylation sites is 2. The molecule has 1 heterocycles. The number of nitro benzene ring substituents is 1. The van der Waals surface area contributed by atoms with Crippen LogP contribution < -0.4 is 0 Å². The number of carbonyl (C=O) groups is 1. The van der Waals surface area contributed by atoms with E-state index in [1.807, 2.05) is 24.3 Å². The molecular formula is C13H10N4O4. The summed E-state index contributed by atoms with van der Waals surface area (Å²) >= 11 is 0. The van der Waals surface area contributed by atoms with E-state index >= 15 is 0 Å². The summed E-state index contributed by atoms with van der Waals surface area (Å²) < 4.78 is 0. The van der Waals surface area contributed by atoms with E-state index in [2.05, 4.69) is 15.4 Å². The lowest BCUT2D eigenvalue weighted by atomic mass is 10.2. The second-order valence-electron chi connectivity index (χ2n) is 3.92. The predicted molar refractivity (Wildman–Crippen MR) is 73.9 cm³/mol. The molecule has 8 nitrogen and oxygen atoms in total. The van der Waals surface area contributed by atoms with Gasteiger partial charge in [-0.2, -0.15) is 15.4 Å². The Kier molecular flexibility index (Phi) is 4.20. The molecule has 106 valence electrons. The van der Waals surface area contributed by atoms with Gasteiger partial charge in [-0.1, -0.05) is 18.2 Å². The van der Waals surface area contributed by atoms with Crippen LogP contribution in [0.2, 0.25) is 0 Å². The van der Waals surface area contributed by atoms with Crippen molar-refractivity contribution in [1.82, 2.24) is 15.4 Å². The van der Waals surface area contributed by atoms with Gasteiger partial charge in [0.15, 0.2) is 0 Å². The van der Waals surface area contributed by atoms with Crippen molar-refractivity contribution in [2.24, 2.45) is 0 Å². The molecule has 21 heavy (non-hydrogen) atoms. The van der Waals surface area contributed by atoms with Crippen LogP contribution in [-0.2, 0) is 0 Å². The summed E-state index contributed by atoms with van der Waals surface area (Å²) in [4.78, 5) is 19.9. The molecule has 0 unspecified atom stereocenters. The SMILES string of the molecule is O=C(O)c1cccc([N+](=O)[O-])c1.c1ccc2n[nH]nc2c1. The van der Waals surface area contributed by atoms with E-state index in [1.54, 1.807) is 0 Å². The van der Waals surface area contributed by atoms with Crippen molar-refractivity contribution in [3.05, 3.63) is 64.2 Å². The summed E-state index contributed by atoms with van der Waals surface area (Å²) in [6, 6.07) is 12.6. The smallest absolute Gasteiger partial charge is 0.335 e. The van der Waals surface area contributed by atoms with Crippen molar-refractivity contribution in [3.8, 4) is 0 Å². The number of carboxylic acid groups (broad SMARTS) is 1. The van der Waals surface area contributed by atoms with Gasteiger partial charge in [-0.25, -0.2) is 4.79 Å². The highest BCUT2D eigenvalue weighted by molar-refractivity contribution is 5.88. The highest BCUT2D eigenvalue weighted by Crippen LogP contribution is 2.12. The molecule has 3 aromatic rings. The van der Waals surface area contributed by atoms with Crippen LogP contribution in [-0.4, -0.2) is 31.4 Å². The van der Waals surface area contributed by atoms with Crippen LogP contribution in [0, 0.1) is 10.1 Å². The molecule has 0 aliphatic carbocycles. The monoisotopic (exact) mass is 286 g/mol. The number of nitrogens with zero attached hydrogens (tertiary/aromatic N) is 3. The first-order valence-corrected chi connectivity index (χ1v) is 5.81. The number of rotatable bonds is 2. The molecule has 0 saturated carbocycles. The quantitative estimate of drug-likeness (QED) is 0.550. The number of fused-ring (bicyclic) bond motifs is 1. The summed E-state index contributed by atoms with van der Waals surface area (Å²) in [5.74, 6) is -1.17. The molecule has 0 atom stereocenters. The van der Waals surface area contributed by atoms with Gasteiger partial charge >= 0.3 is 5.97 Å². The number of hydrogen-bond donors (Lipinski definition) is 2. The third kappa shape index (κ3) is 3.60. The zero-order chi connectivity index (χ0) is 15.2. The molecule has 0 fully saturated rings. The van der Waals surface area contributed by atoms with Crippen LogP contribution in [0.3, 0.4) is 0 Å². The standard InChI is InChI=1S/C7H5NO4.C6H5N3/c9-7(10)5-2-1-3-6(4-5)8(11)12;1-2-4-6-5(3-1)7-9-8-6/h1-4H,(H,9,10);1-4H,(H,7,8,9). The van der Waals surface area contributed by atoms with Gasteiger partial charge < -0.3 is 5.11 Å². The van der Waals surface area contributed by atoms with Gasteiger partial charge in [0, 0.05) is 12.1 Å². The second-order valence-corrected chi connectivity index (χ2v) is 3.92. The second kappa shape index (κ2) is 6.24. The summed E-state index contributed by atoms with van der Waals surface area (Å²) in [5, 5.41) is 29.0. The lowest BCUT2D eigenvalue weighted by Gasteiger charge is -1.92. The van der Waals surface area contributed by atoms with E-state index in [9.17, 15) is 14.9 Å². The first-order valence-electron chi connectivity index (χ1n) is 5.81. The zero-order valence-corrected chi connectivity index (χ0v) is 10.6. The molecule has 0 saturated heterocycles. The molecule has 0 spiro atoms. The number of aromatic amines is 1. The topological polar surface area (TPSA) is 122 Å². The number of hydrogen-bond acceptors (Lipinski definition) is 5. The van der Waals surface area contributed by atoms with Gasteiger partial charge in [0.25, 0.3) is 5.69 Å². The molecular weight excluding hydrogens is 276 g/mol. The lowest BCUT2D eigenvalue weighted by molar-refractivity contribution is -0.384. The minimum absolute atomic E-state index is 0.0794. The van der Waals surface area contributed by atoms with Gasteiger partial charge in [0.2, 0.25) is 0 Å². The number of nitro groups is 1. The molecule has 0 bridgehead atoms. The number of aromatic nitrogens is 3. The number of carboxylic acids is 1. The van der Waals surface area contributed by atoms with Crippen molar-refractivity contribution < 1.29 is 14.8 Å². The normalized spacial score (nSPS) is 9.71. The van der Waals surface area contributed by atoms with E-state index in [0.29, 0.717) is 0 Å². The van der Waals surface area contributed by atoms with Crippen LogP contribution in [0.5, 0.6) is 0 Å².